The number of imidazole rings is 1. The van der Waals surface area contributed by atoms with E-state index in [0.717, 1.165) is 47.8 Å². The highest BCUT2D eigenvalue weighted by Gasteiger charge is 2.41. The quantitative estimate of drug-likeness (QED) is 0.539. The van der Waals surface area contributed by atoms with Gasteiger partial charge in [-0.2, -0.15) is 0 Å². The van der Waals surface area contributed by atoms with Gasteiger partial charge in [-0.15, -0.1) is 0 Å². The third kappa shape index (κ3) is 4.03. The Bertz CT molecular complexity index is 1110. The lowest BCUT2D eigenvalue weighted by molar-refractivity contribution is 0.0818. The molecular weight excluding hydrogens is 445 g/mol. The smallest absolute Gasteiger partial charge is 0.140 e. The van der Waals surface area contributed by atoms with Crippen LogP contribution in [0.5, 0.6) is 5.75 Å². The van der Waals surface area contributed by atoms with E-state index in [-0.39, 0.29) is 18.2 Å². The maximum atomic E-state index is 10.1. The first-order chi connectivity index (χ1) is 15.4. The van der Waals surface area contributed by atoms with Crippen LogP contribution in [-0.2, 0) is 6.42 Å². The molecule has 5 nitrogen and oxygen atoms in total. The fraction of sp³-hybridized carbons (Fsp3) is 0.400. The molecule has 1 saturated heterocycles. The molecule has 3 aromatic rings. The van der Waals surface area contributed by atoms with Crippen molar-refractivity contribution in [2.45, 2.75) is 50.9 Å². The van der Waals surface area contributed by atoms with E-state index >= 15 is 0 Å². The molecule has 3 atom stereocenters. The van der Waals surface area contributed by atoms with Gasteiger partial charge < -0.3 is 14.4 Å². The SMILES string of the molecule is CC(C)c1nccn1-c1ccc(O[C@@H]2c3cc(Cl)cc(Cl)c3C[C@@H]2N2CC[C@@H](O)C2)cc1. The molecule has 168 valence electrons. The zero-order valence-electron chi connectivity index (χ0n) is 18.2. The minimum atomic E-state index is -0.289. The van der Waals surface area contributed by atoms with Crippen molar-refractivity contribution in [2.24, 2.45) is 0 Å². The van der Waals surface area contributed by atoms with Gasteiger partial charge in [0.2, 0.25) is 0 Å². The number of hydrogen-bond acceptors (Lipinski definition) is 4. The van der Waals surface area contributed by atoms with Crippen LogP contribution in [0.25, 0.3) is 5.69 Å². The van der Waals surface area contributed by atoms with E-state index < -0.39 is 0 Å². The number of aliphatic hydroxyl groups excluding tert-OH is 1. The first-order valence-electron chi connectivity index (χ1n) is 11.1. The molecule has 1 aliphatic heterocycles. The molecule has 0 radical (unpaired) electrons. The average Bonchev–Trinajstić information content (AvgIpc) is 3.48. The minimum absolute atomic E-state index is 0.110. The van der Waals surface area contributed by atoms with Crippen LogP contribution >= 0.6 is 23.2 Å². The fourth-order valence-electron chi connectivity index (χ4n) is 4.94. The lowest BCUT2D eigenvalue weighted by Crippen LogP contribution is -2.39. The summed E-state index contributed by atoms with van der Waals surface area (Å²) in [5.41, 5.74) is 3.18. The van der Waals surface area contributed by atoms with Gasteiger partial charge in [0.1, 0.15) is 17.7 Å². The van der Waals surface area contributed by atoms with Gasteiger partial charge in [0.15, 0.2) is 0 Å². The van der Waals surface area contributed by atoms with Crippen LogP contribution in [0.3, 0.4) is 0 Å². The summed E-state index contributed by atoms with van der Waals surface area (Å²) >= 11 is 12.9. The highest BCUT2D eigenvalue weighted by molar-refractivity contribution is 6.35. The number of benzene rings is 2. The molecule has 0 unspecified atom stereocenters. The summed E-state index contributed by atoms with van der Waals surface area (Å²) in [6.07, 6.45) is 4.90. The number of hydrogen-bond donors (Lipinski definition) is 1. The summed E-state index contributed by atoms with van der Waals surface area (Å²) in [6.45, 7) is 5.78. The highest BCUT2D eigenvalue weighted by Crippen LogP contribution is 2.43. The normalized spacial score (nSPS) is 23.1. The number of aliphatic hydroxyl groups is 1. The molecule has 7 heteroatoms. The average molecular weight is 472 g/mol. The monoisotopic (exact) mass is 471 g/mol. The first-order valence-corrected chi connectivity index (χ1v) is 11.9. The predicted octanol–water partition coefficient (Wildman–Crippen LogP) is 5.41. The number of aromatic nitrogens is 2. The van der Waals surface area contributed by atoms with Gasteiger partial charge in [-0.05, 0) is 54.8 Å². The number of halogens is 2. The van der Waals surface area contributed by atoms with Crippen LogP contribution in [0.1, 0.15) is 49.2 Å². The van der Waals surface area contributed by atoms with E-state index in [1.54, 1.807) is 6.07 Å². The lowest BCUT2D eigenvalue weighted by atomic mass is 10.1. The van der Waals surface area contributed by atoms with Crippen molar-refractivity contribution < 1.29 is 9.84 Å². The van der Waals surface area contributed by atoms with Crippen molar-refractivity contribution in [3.05, 3.63) is 75.8 Å². The third-order valence-electron chi connectivity index (χ3n) is 6.49. The van der Waals surface area contributed by atoms with Gasteiger partial charge in [-0.3, -0.25) is 4.90 Å². The number of likely N-dealkylation sites (tertiary alicyclic amines) is 1. The summed E-state index contributed by atoms with van der Waals surface area (Å²) < 4.78 is 8.66. The molecule has 32 heavy (non-hydrogen) atoms. The van der Waals surface area contributed by atoms with E-state index in [1.807, 2.05) is 30.6 Å². The van der Waals surface area contributed by atoms with Gasteiger partial charge in [0.05, 0.1) is 12.1 Å². The molecule has 2 heterocycles. The minimum Gasteiger partial charge on any atom is -0.484 e. The fourth-order valence-corrected chi connectivity index (χ4v) is 5.53. The summed E-state index contributed by atoms with van der Waals surface area (Å²) in [4.78, 5) is 6.79. The number of β-amino-alcohol motifs (C(OH)–C–C–N with tert-alkyl or cyclic N) is 1. The van der Waals surface area contributed by atoms with Crippen molar-refractivity contribution in [1.29, 1.82) is 0 Å². The van der Waals surface area contributed by atoms with Crippen molar-refractivity contribution in [1.82, 2.24) is 14.5 Å². The lowest BCUT2D eigenvalue weighted by Gasteiger charge is -2.30. The van der Waals surface area contributed by atoms with Gasteiger partial charge in [0, 0.05) is 52.7 Å². The second-order valence-corrected chi connectivity index (χ2v) is 9.85. The molecule has 2 aromatic carbocycles. The molecule has 0 amide bonds. The maximum absolute atomic E-state index is 10.1. The van der Waals surface area contributed by atoms with Crippen molar-refractivity contribution in [3.63, 3.8) is 0 Å². The summed E-state index contributed by atoms with van der Waals surface area (Å²) in [5, 5.41) is 11.4. The Hall–Kier alpha value is -2.05. The van der Waals surface area contributed by atoms with E-state index in [9.17, 15) is 5.11 Å². The summed E-state index contributed by atoms with van der Waals surface area (Å²) in [6, 6.07) is 12.0. The molecular formula is C25H27Cl2N3O2. The van der Waals surface area contributed by atoms with Crippen LogP contribution < -0.4 is 4.74 Å². The molecule has 1 aliphatic carbocycles. The number of ether oxygens (including phenoxy) is 1. The molecule has 5 rings (SSSR count). The van der Waals surface area contributed by atoms with Gasteiger partial charge in [0.25, 0.3) is 0 Å². The van der Waals surface area contributed by atoms with Crippen molar-refractivity contribution in [3.8, 4) is 11.4 Å². The molecule has 1 N–H and O–H groups in total. The van der Waals surface area contributed by atoms with Crippen LogP contribution in [0.2, 0.25) is 10.0 Å². The largest absolute Gasteiger partial charge is 0.484 e. The van der Waals surface area contributed by atoms with Gasteiger partial charge in [-0.1, -0.05) is 37.0 Å². The molecule has 1 fully saturated rings. The van der Waals surface area contributed by atoms with Crippen molar-refractivity contribution in [2.75, 3.05) is 13.1 Å². The number of nitrogens with zero attached hydrogens (tertiary/aromatic N) is 3. The molecule has 0 spiro atoms. The number of fused-ring (bicyclic) bond motifs is 1. The van der Waals surface area contributed by atoms with Crippen molar-refractivity contribution >= 4 is 23.2 Å². The van der Waals surface area contributed by atoms with Crippen LogP contribution in [0.15, 0.2) is 48.8 Å². The van der Waals surface area contributed by atoms with Crippen LogP contribution in [0.4, 0.5) is 0 Å². The Morgan fingerprint density at radius 3 is 2.62 bits per heavy atom. The van der Waals surface area contributed by atoms with Crippen LogP contribution in [0, 0.1) is 0 Å². The third-order valence-corrected chi connectivity index (χ3v) is 7.05. The Kier molecular flexibility index (Phi) is 5.93. The molecule has 2 aliphatic rings. The highest BCUT2D eigenvalue weighted by atomic mass is 35.5. The Morgan fingerprint density at radius 1 is 1.16 bits per heavy atom. The predicted molar refractivity (Wildman–Crippen MR) is 127 cm³/mol. The number of rotatable bonds is 5. The Morgan fingerprint density at radius 2 is 1.94 bits per heavy atom. The molecule has 0 saturated carbocycles. The van der Waals surface area contributed by atoms with Gasteiger partial charge in [-0.25, -0.2) is 4.98 Å². The second-order valence-electron chi connectivity index (χ2n) is 9.01. The topological polar surface area (TPSA) is 50.5 Å². The summed E-state index contributed by atoms with van der Waals surface area (Å²) in [5.74, 6) is 2.15. The van der Waals surface area contributed by atoms with Crippen LogP contribution in [-0.4, -0.2) is 44.8 Å². The zero-order valence-corrected chi connectivity index (χ0v) is 19.7. The zero-order chi connectivity index (χ0) is 22.4. The standard InChI is InChI=1S/C25H27Cl2N3O2/c1-15(2)25-28-8-10-30(25)17-3-5-19(6-4-17)32-24-21-11-16(26)12-22(27)20(21)13-23(24)29-9-7-18(31)14-29/h3-6,8,10-12,15,18,23-24,31H,7,9,13-14H2,1-2H3/t18-,23+,24-/m1/s1. The van der Waals surface area contributed by atoms with Gasteiger partial charge >= 0.3 is 0 Å². The first kappa shape index (κ1) is 21.8. The van der Waals surface area contributed by atoms with E-state index in [0.29, 0.717) is 22.5 Å². The second kappa shape index (κ2) is 8.71. The molecule has 1 aromatic heterocycles. The van der Waals surface area contributed by atoms with E-state index in [2.05, 4.69) is 40.4 Å². The Balaban J connectivity index is 1.44. The summed E-state index contributed by atoms with van der Waals surface area (Å²) in [7, 11) is 0. The molecule has 0 bridgehead atoms. The Labute approximate surface area is 198 Å². The maximum Gasteiger partial charge on any atom is 0.140 e. The van der Waals surface area contributed by atoms with E-state index in [1.165, 1.54) is 0 Å². The van der Waals surface area contributed by atoms with E-state index in [4.69, 9.17) is 27.9 Å².